The maximum atomic E-state index is 13.2. The number of sulfonamides is 2. The first-order chi connectivity index (χ1) is 13.7. The van der Waals surface area contributed by atoms with Crippen molar-refractivity contribution in [2.75, 3.05) is 23.7 Å². The van der Waals surface area contributed by atoms with E-state index in [4.69, 9.17) is 4.74 Å². The quantitative estimate of drug-likeness (QED) is 0.655. The Morgan fingerprint density at radius 2 is 1.83 bits per heavy atom. The fourth-order valence-electron chi connectivity index (χ4n) is 3.06. The molecule has 1 heterocycles. The fourth-order valence-corrected chi connectivity index (χ4v) is 5.82. The highest BCUT2D eigenvalue weighted by molar-refractivity contribution is 7.94. The van der Waals surface area contributed by atoms with Crippen LogP contribution in [0.2, 0.25) is 0 Å². The molecule has 29 heavy (non-hydrogen) atoms. The summed E-state index contributed by atoms with van der Waals surface area (Å²) in [5.41, 5.74) is 0.785. The third-order valence-electron chi connectivity index (χ3n) is 4.48. The smallest absolute Gasteiger partial charge is 0.246 e. The van der Waals surface area contributed by atoms with Gasteiger partial charge in [0.05, 0.1) is 18.0 Å². The highest BCUT2D eigenvalue weighted by Gasteiger charge is 2.37. The summed E-state index contributed by atoms with van der Waals surface area (Å²) in [6.07, 6.45) is -0.133. The van der Waals surface area contributed by atoms with Crippen LogP contribution in [0.4, 0.5) is 5.69 Å². The van der Waals surface area contributed by atoms with Gasteiger partial charge in [-0.2, -0.15) is 4.31 Å². The Labute approximate surface area is 170 Å². The molecule has 0 N–H and O–H groups in total. The van der Waals surface area contributed by atoms with Gasteiger partial charge in [0, 0.05) is 20.0 Å². The van der Waals surface area contributed by atoms with Gasteiger partial charge in [-0.1, -0.05) is 30.3 Å². The number of amides is 1. The van der Waals surface area contributed by atoms with Crippen molar-refractivity contribution < 1.29 is 26.4 Å². The monoisotopic (exact) mass is 438 g/mol. The standard InChI is InChI=1S/C19H22N2O6S2/c1-3-27-17-10-9-16(21-19(22)11-12-28(21,23)24)13-18(17)29(25,26)20(2)14-15-7-5-4-6-8-15/h4-10,13H,3,11-12,14H2,1-2H3. The van der Waals surface area contributed by atoms with Crippen LogP contribution in [0.25, 0.3) is 0 Å². The van der Waals surface area contributed by atoms with Gasteiger partial charge in [0.1, 0.15) is 10.6 Å². The van der Waals surface area contributed by atoms with Gasteiger partial charge in [-0.3, -0.25) is 4.79 Å². The molecule has 1 saturated heterocycles. The predicted octanol–water partition coefficient (Wildman–Crippen LogP) is 1.97. The van der Waals surface area contributed by atoms with E-state index in [9.17, 15) is 21.6 Å². The number of nitrogens with zero attached hydrogens (tertiary/aromatic N) is 2. The van der Waals surface area contributed by atoms with Gasteiger partial charge in [-0.05, 0) is 30.7 Å². The first-order valence-corrected chi connectivity index (χ1v) is 12.0. The summed E-state index contributed by atoms with van der Waals surface area (Å²) in [6.45, 7) is 2.07. The van der Waals surface area contributed by atoms with E-state index in [0.717, 1.165) is 9.87 Å². The van der Waals surface area contributed by atoms with Gasteiger partial charge < -0.3 is 4.74 Å². The Balaban J connectivity index is 2.05. The molecule has 2 aromatic rings. The molecule has 1 aliphatic heterocycles. The minimum atomic E-state index is -4.02. The number of carbonyl (C=O) groups is 1. The molecule has 2 aromatic carbocycles. The van der Waals surface area contributed by atoms with Gasteiger partial charge in [0.25, 0.3) is 0 Å². The lowest BCUT2D eigenvalue weighted by molar-refractivity contribution is -0.116. The molecule has 0 radical (unpaired) electrons. The highest BCUT2D eigenvalue weighted by Crippen LogP contribution is 2.34. The van der Waals surface area contributed by atoms with Crippen molar-refractivity contribution in [1.82, 2.24) is 4.31 Å². The SMILES string of the molecule is CCOc1ccc(N2C(=O)CCS2(=O)=O)cc1S(=O)(=O)N(C)Cc1ccccc1. The van der Waals surface area contributed by atoms with Crippen LogP contribution in [0.3, 0.4) is 0 Å². The lowest BCUT2D eigenvalue weighted by Gasteiger charge is -2.22. The van der Waals surface area contributed by atoms with E-state index in [-0.39, 0.29) is 41.7 Å². The molecule has 0 atom stereocenters. The van der Waals surface area contributed by atoms with Crippen LogP contribution in [-0.4, -0.2) is 46.5 Å². The largest absolute Gasteiger partial charge is 0.492 e. The number of anilines is 1. The van der Waals surface area contributed by atoms with Gasteiger partial charge in [-0.15, -0.1) is 0 Å². The van der Waals surface area contributed by atoms with Crippen LogP contribution >= 0.6 is 0 Å². The Kier molecular flexibility index (Phi) is 5.97. The molecular formula is C19H22N2O6S2. The van der Waals surface area contributed by atoms with Crippen molar-refractivity contribution in [3.63, 3.8) is 0 Å². The lowest BCUT2D eigenvalue weighted by Crippen LogP contribution is -2.30. The average molecular weight is 439 g/mol. The summed E-state index contributed by atoms with van der Waals surface area (Å²) < 4.78 is 58.2. The summed E-state index contributed by atoms with van der Waals surface area (Å²) in [5, 5.41) is 0. The molecule has 0 unspecified atom stereocenters. The fraction of sp³-hybridized carbons (Fsp3) is 0.316. The third-order valence-corrected chi connectivity index (χ3v) is 7.99. The van der Waals surface area contributed by atoms with E-state index < -0.39 is 26.0 Å². The van der Waals surface area contributed by atoms with Gasteiger partial charge in [0.2, 0.25) is 26.0 Å². The van der Waals surface area contributed by atoms with E-state index in [0.29, 0.717) is 4.31 Å². The van der Waals surface area contributed by atoms with Crippen LogP contribution in [0, 0.1) is 0 Å². The highest BCUT2D eigenvalue weighted by atomic mass is 32.2. The Morgan fingerprint density at radius 1 is 1.14 bits per heavy atom. The zero-order chi connectivity index (χ0) is 21.2. The molecule has 0 aromatic heterocycles. The minimum absolute atomic E-state index is 0.0114. The minimum Gasteiger partial charge on any atom is -0.492 e. The molecule has 1 amide bonds. The van der Waals surface area contributed by atoms with E-state index >= 15 is 0 Å². The molecule has 156 valence electrons. The molecule has 0 aliphatic carbocycles. The van der Waals surface area contributed by atoms with Gasteiger partial charge in [-0.25, -0.2) is 21.1 Å². The Hall–Kier alpha value is -2.43. The van der Waals surface area contributed by atoms with E-state index in [1.54, 1.807) is 19.1 Å². The second kappa shape index (κ2) is 8.13. The second-order valence-corrected chi connectivity index (χ2v) is 10.5. The van der Waals surface area contributed by atoms with Crippen molar-refractivity contribution >= 4 is 31.6 Å². The molecule has 10 heteroatoms. The molecule has 3 rings (SSSR count). The number of benzene rings is 2. The molecule has 1 fully saturated rings. The number of carbonyl (C=O) groups excluding carboxylic acids is 1. The van der Waals surface area contributed by atoms with Crippen LogP contribution in [0.5, 0.6) is 5.75 Å². The molecule has 8 nitrogen and oxygen atoms in total. The number of hydrogen-bond donors (Lipinski definition) is 0. The predicted molar refractivity (Wildman–Crippen MR) is 109 cm³/mol. The maximum absolute atomic E-state index is 13.2. The molecule has 0 saturated carbocycles. The summed E-state index contributed by atoms with van der Waals surface area (Å²) >= 11 is 0. The normalized spacial score (nSPS) is 16.4. The van der Waals surface area contributed by atoms with Crippen LogP contribution in [0.15, 0.2) is 53.4 Å². The van der Waals surface area contributed by atoms with Crippen molar-refractivity contribution in [3.8, 4) is 5.75 Å². The molecule has 0 spiro atoms. The molecule has 1 aliphatic rings. The lowest BCUT2D eigenvalue weighted by atomic mass is 10.2. The molecule has 0 bridgehead atoms. The average Bonchev–Trinajstić information content (AvgIpc) is 2.95. The zero-order valence-corrected chi connectivity index (χ0v) is 17.7. The van der Waals surface area contributed by atoms with E-state index in [1.807, 2.05) is 18.2 Å². The number of rotatable bonds is 7. The van der Waals surface area contributed by atoms with Gasteiger partial charge in [0.15, 0.2) is 0 Å². The number of ether oxygens (including phenoxy) is 1. The zero-order valence-electron chi connectivity index (χ0n) is 16.1. The summed E-state index contributed by atoms with van der Waals surface area (Å²) in [5.74, 6) is -0.787. The molecular weight excluding hydrogens is 416 g/mol. The Bertz CT molecular complexity index is 1110. The van der Waals surface area contributed by atoms with Crippen LogP contribution in [-0.2, 0) is 31.4 Å². The van der Waals surface area contributed by atoms with Crippen LogP contribution < -0.4 is 9.04 Å². The summed E-state index contributed by atoms with van der Waals surface area (Å²) in [7, 11) is -6.40. The maximum Gasteiger partial charge on any atom is 0.246 e. The summed E-state index contributed by atoms with van der Waals surface area (Å²) in [4.78, 5) is 11.9. The topological polar surface area (TPSA) is 101 Å². The van der Waals surface area contributed by atoms with Crippen molar-refractivity contribution in [2.45, 2.75) is 24.8 Å². The summed E-state index contributed by atoms with van der Waals surface area (Å²) in [6, 6.07) is 13.0. The third kappa shape index (κ3) is 4.29. The van der Waals surface area contributed by atoms with Gasteiger partial charge >= 0.3 is 0 Å². The van der Waals surface area contributed by atoms with Crippen molar-refractivity contribution in [2.24, 2.45) is 0 Å². The second-order valence-electron chi connectivity index (χ2n) is 6.53. The van der Waals surface area contributed by atoms with Crippen LogP contribution in [0.1, 0.15) is 18.9 Å². The Morgan fingerprint density at radius 3 is 2.41 bits per heavy atom. The van der Waals surface area contributed by atoms with E-state index in [1.165, 1.54) is 25.2 Å². The first-order valence-electron chi connectivity index (χ1n) is 9.00. The van der Waals surface area contributed by atoms with Crippen molar-refractivity contribution in [1.29, 1.82) is 0 Å². The van der Waals surface area contributed by atoms with Crippen molar-refractivity contribution in [3.05, 3.63) is 54.1 Å². The van der Waals surface area contributed by atoms with E-state index in [2.05, 4.69) is 0 Å². The first kappa shape index (κ1) is 21.3. The number of hydrogen-bond acceptors (Lipinski definition) is 6.